The van der Waals surface area contributed by atoms with Gasteiger partial charge in [0.2, 0.25) is 0 Å². The van der Waals surface area contributed by atoms with Crippen molar-refractivity contribution in [2.45, 2.75) is 12.8 Å². The minimum absolute atomic E-state index is 0.205. The maximum atomic E-state index is 11.2. The monoisotopic (exact) mass is 243 g/mol. The van der Waals surface area contributed by atoms with Crippen molar-refractivity contribution in [2.75, 3.05) is 0 Å². The van der Waals surface area contributed by atoms with E-state index in [1.165, 1.54) is 18.3 Å². The largest absolute Gasteiger partial charge is 0.298 e. The summed E-state index contributed by atoms with van der Waals surface area (Å²) in [5.41, 5.74) is 0.941. The number of aromatic nitrogens is 2. The fourth-order valence-corrected chi connectivity index (χ4v) is 2.32. The summed E-state index contributed by atoms with van der Waals surface area (Å²) in [5, 5.41) is 18.0. The Kier molecular flexibility index (Phi) is 3.26. The van der Waals surface area contributed by atoms with Crippen LogP contribution in [0.2, 0.25) is 0 Å². The molecule has 0 amide bonds. The second-order valence-corrected chi connectivity index (χ2v) is 4.49. The molecule has 0 aliphatic heterocycles. The quantitative estimate of drug-likeness (QED) is 0.830. The van der Waals surface area contributed by atoms with Crippen molar-refractivity contribution in [1.29, 1.82) is 5.26 Å². The van der Waals surface area contributed by atoms with E-state index in [1.807, 2.05) is 36.4 Å². The average molecular weight is 243 g/mol. The summed E-state index contributed by atoms with van der Waals surface area (Å²) < 4.78 is 0. The first-order valence-corrected chi connectivity index (χ1v) is 5.83. The summed E-state index contributed by atoms with van der Waals surface area (Å²) in [4.78, 5) is 11.2. The number of Topliss-reactive ketones (excluding diaryl/α,β-unsaturated/α-hetero) is 1. The van der Waals surface area contributed by atoms with Gasteiger partial charge < -0.3 is 0 Å². The Hall–Kier alpha value is -2.06. The molecule has 0 aliphatic carbocycles. The minimum Gasteiger partial charge on any atom is -0.298 e. The van der Waals surface area contributed by atoms with Crippen LogP contribution in [0.3, 0.4) is 0 Å². The van der Waals surface area contributed by atoms with Gasteiger partial charge in [-0.15, -0.1) is 10.2 Å². The summed E-state index contributed by atoms with van der Waals surface area (Å²) in [6, 6.07) is 11.5. The molecule has 5 heteroatoms. The summed E-state index contributed by atoms with van der Waals surface area (Å²) >= 11 is 1.28. The van der Waals surface area contributed by atoms with Crippen LogP contribution in [0.25, 0.3) is 10.6 Å². The molecule has 1 heterocycles. The van der Waals surface area contributed by atoms with Crippen LogP contribution in [-0.2, 0) is 4.79 Å². The van der Waals surface area contributed by atoms with Crippen LogP contribution in [0.4, 0.5) is 0 Å². The van der Waals surface area contributed by atoms with Crippen LogP contribution < -0.4 is 0 Å². The predicted octanol–water partition coefficient (Wildman–Crippen LogP) is 2.40. The van der Waals surface area contributed by atoms with Gasteiger partial charge in [0, 0.05) is 5.56 Å². The Bertz CT molecular complexity index is 571. The van der Waals surface area contributed by atoms with Gasteiger partial charge in [-0.2, -0.15) is 5.26 Å². The van der Waals surface area contributed by atoms with E-state index in [9.17, 15) is 4.79 Å². The molecule has 0 radical (unpaired) electrons. The van der Waals surface area contributed by atoms with Crippen LogP contribution in [0.1, 0.15) is 17.8 Å². The van der Waals surface area contributed by atoms with Crippen LogP contribution in [0, 0.1) is 11.3 Å². The lowest BCUT2D eigenvalue weighted by atomic mass is 10.1. The van der Waals surface area contributed by atoms with Crippen LogP contribution in [0.15, 0.2) is 30.3 Å². The number of carbonyl (C=O) groups excluding carboxylic acids is 1. The van der Waals surface area contributed by atoms with Gasteiger partial charge in [-0.3, -0.25) is 4.79 Å². The number of nitriles is 1. The average Bonchev–Trinajstić information content (AvgIpc) is 2.80. The zero-order valence-corrected chi connectivity index (χ0v) is 9.94. The van der Waals surface area contributed by atoms with Crippen LogP contribution in [-0.4, -0.2) is 16.0 Å². The van der Waals surface area contributed by atoms with Gasteiger partial charge in [-0.05, 0) is 6.92 Å². The number of carbonyl (C=O) groups is 1. The molecule has 0 saturated carbocycles. The van der Waals surface area contributed by atoms with E-state index < -0.39 is 5.92 Å². The molecule has 0 N–H and O–H groups in total. The standard InChI is InChI=1S/C12H9N3OS/c1-8(16)10(7-13)12-15-14-11(17-12)9-5-3-2-4-6-9/h2-6,10H,1H3. The van der Waals surface area contributed by atoms with Gasteiger partial charge in [0.15, 0.2) is 11.7 Å². The third kappa shape index (κ3) is 2.37. The Labute approximate surface area is 103 Å². The van der Waals surface area contributed by atoms with Gasteiger partial charge in [-0.1, -0.05) is 41.7 Å². The summed E-state index contributed by atoms with van der Waals surface area (Å²) in [5.74, 6) is -1.01. The van der Waals surface area contributed by atoms with Gasteiger partial charge in [0.25, 0.3) is 0 Å². The summed E-state index contributed by atoms with van der Waals surface area (Å²) in [7, 11) is 0. The number of hydrogen-bond donors (Lipinski definition) is 0. The first-order chi connectivity index (χ1) is 8.22. The molecular weight excluding hydrogens is 234 g/mol. The SMILES string of the molecule is CC(=O)C(C#N)c1nnc(-c2ccccc2)s1. The number of ketones is 1. The first-order valence-electron chi connectivity index (χ1n) is 5.01. The van der Waals surface area contributed by atoms with Crippen LogP contribution in [0.5, 0.6) is 0 Å². The third-order valence-corrected chi connectivity index (χ3v) is 3.28. The maximum absolute atomic E-state index is 11.2. The van der Waals surface area contributed by atoms with E-state index in [0.717, 1.165) is 10.6 Å². The molecule has 0 bridgehead atoms. The smallest absolute Gasteiger partial charge is 0.158 e. The van der Waals surface area contributed by atoms with E-state index in [0.29, 0.717) is 5.01 Å². The molecule has 2 aromatic rings. The van der Waals surface area contributed by atoms with Gasteiger partial charge in [0.05, 0.1) is 6.07 Å². The van der Waals surface area contributed by atoms with Crippen molar-refractivity contribution in [2.24, 2.45) is 0 Å². The summed E-state index contributed by atoms with van der Waals surface area (Å²) in [6.45, 7) is 1.39. The third-order valence-electron chi connectivity index (χ3n) is 2.24. The van der Waals surface area contributed by atoms with Crippen molar-refractivity contribution < 1.29 is 4.79 Å². The molecule has 2 rings (SSSR count). The lowest BCUT2D eigenvalue weighted by Gasteiger charge is -1.96. The Balaban J connectivity index is 2.34. The Morgan fingerprint density at radius 1 is 1.35 bits per heavy atom. The number of nitrogens with zero attached hydrogens (tertiary/aromatic N) is 3. The molecule has 4 nitrogen and oxygen atoms in total. The van der Waals surface area contributed by atoms with Crippen molar-refractivity contribution >= 4 is 17.1 Å². The highest BCUT2D eigenvalue weighted by atomic mass is 32.1. The van der Waals surface area contributed by atoms with Crippen LogP contribution >= 0.6 is 11.3 Å². The van der Waals surface area contributed by atoms with Crippen molar-refractivity contribution in [1.82, 2.24) is 10.2 Å². The van der Waals surface area contributed by atoms with E-state index >= 15 is 0 Å². The van der Waals surface area contributed by atoms with Crippen molar-refractivity contribution in [3.05, 3.63) is 35.3 Å². The highest BCUT2D eigenvalue weighted by molar-refractivity contribution is 7.14. The first kappa shape index (κ1) is 11.4. The minimum atomic E-state index is -0.801. The van der Waals surface area contributed by atoms with Crippen molar-refractivity contribution in [3.63, 3.8) is 0 Å². The molecule has 0 spiro atoms. The van der Waals surface area contributed by atoms with Gasteiger partial charge in [-0.25, -0.2) is 0 Å². The molecule has 1 aromatic carbocycles. The van der Waals surface area contributed by atoms with E-state index in [4.69, 9.17) is 5.26 Å². The lowest BCUT2D eigenvalue weighted by molar-refractivity contribution is -0.117. The zero-order valence-electron chi connectivity index (χ0n) is 9.12. The van der Waals surface area contributed by atoms with Gasteiger partial charge in [0.1, 0.15) is 10.0 Å². The molecule has 0 aliphatic rings. The molecule has 17 heavy (non-hydrogen) atoms. The molecule has 1 aromatic heterocycles. The maximum Gasteiger partial charge on any atom is 0.158 e. The van der Waals surface area contributed by atoms with E-state index in [1.54, 1.807) is 0 Å². The van der Waals surface area contributed by atoms with E-state index in [2.05, 4.69) is 10.2 Å². The second kappa shape index (κ2) is 4.85. The molecule has 84 valence electrons. The number of rotatable bonds is 3. The zero-order chi connectivity index (χ0) is 12.3. The summed E-state index contributed by atoms with van der Waals surface area (Å²) in [6.07, 6.45) is 0. The Morgan fingerprint density at radius 3 is 2.65 bits per heavy atom. The van der Waals surface area contributed by atoms with Gasteiger partial charge >= 0.3 is 0 Å². The highest BCUT2D eigenvalue weighted by Gasteiger charge is 2.21. The normalized spacial score (nSPS) is 11.8. The fourth-order valence-electron chi connectivity index (χ4n) is 1.37. The molecule has 0 saturated heterocycles. The second-order valence-electron chi connectivity index (χ2n) is 3.48. The predicted molar refractivity (Wildman–Crippen MR) is 64.4 cm³/mol. The number of hydrogen-bond acceptors (Lipinski definition) is 5. The molecule has 1 unspecified atom stereocenters. The van der Waals surface area contributed by atoms with E-state index in [-0.39, 0.29) is 5.78 Å². The fraction of sp³-hybridized carbons (Fsp3) is 0.167. The topological polar surface area (TPSA) is 66.6 Å². The molecular formula is C12H9N3OS. The van der Waals surface area contributed by atoms with Crippen molar-refractivity contribution in [3.8, 4) is 16.6 Å². The Morgan fingerprint density at radius 2 is 2.06 bits per heavy atom. The number of benzene rings is 1. The highest BCUT2D eigenvalue weighted by Crippen LogP contribution is 2.27. The molecule has 1 atom stereocenters. The molecule has 0 fully saturated rings. The lowest BCUT2D eigenvalue weighted by Crippen LogP contribution is -2.05.